The predicted octanol–water partition coefficient (Wildman–Crippen LogP) is 4.69. The number of aromatic nitrogens is 2. The van der Waals surface area contributed by atoms with Gasteiger partial charge in [0.15, 0.2) is 0 Å². The summed E-state index contributed by atoms with van der Waals surface area (Å²) in [5.74, 6) is -0.121. The molecule has 0 N–H and O–H groups in total. The summed E-state index contributed by atoms with van der Waals surface area (Å²) in [6, 6.07) is 23.3. The zero-order valence-electron chi connectivity index (χ0n) is 15.7. The van der Waals surface area contributed by atoms with Gasteiger partial charge < -0.3 is 4.57 Å². The number of amides is 1. The lowest BCUT2D eigenvalue weighted by Crippen LogP contribution is -2.04. The van der Waals surface area contributed by atoms with Crippen LogP contribution in [0.15, 0.2) is 77.2 Å². The maximum Gasteiger partial charge on any atom is 0.319 e. The van der Waals surface area contributed by atoms with Crippen LogP contribution < -0.4 is 0 Å². The van der Waals surface area contributed by atoms with Crippen molar-refractivity contribution in [2.24, 2.45) is 4.36 Å². The van der Waals surface area contributed by atoms with Gasteiger partial charge in [-0.05, 0) is 28.8 Å². The van der Waals surface area contributed by atoms with Crippen molar-refractivity contribution < 1.29 is 13.2 Å². The topological polar surface area (TPSA) is 81.4 Å². The molecule has 4 rings (SSSR count). The maximum atomic E-state index is 12.2. The highest BCUT2D eigenvalue weighted by Gasteiger charge is 2.17. The minimum Gasteiger partial charge on any atom is -0.322 e. The zero-order valence-corrected chi connectivity index (χ0v) is 17.3. The number of hydrogen-bond acceptors (Lipinski definition) is 4. The Balaban J connectivity index is 1.72. The smallest absolute Gasteiger partial charge is 0.319 e. The molecule has 0 radical (unpaired) electrons. The molecule has 0 fully saturated rings. The molecule has 0 aliphatic heterocycles. The van der Waals surface area contributed by atoms with Crippen LogP contribution in [0.3, 0.4) is 0 Å². The lowest BCUT2D eigenvalue weighted by molar-refractivity contribution is 0.101. The van der Waals surface area contributed by atoms with Gasteiger partial charge in [0, 0.05) is 6.54 Å². The lowest BCUT2D eigenvalue weighted by Gasteiger charge is -2.09. The van der Waals surface area contributed by atoms with Gasteiger partial charge in [0.2, 0.25) is 0 Å². The first kappa shape index (κ1) is 20.0. The molecular weight excluding hydrogens is 422 g/mol. The Morgan fingerprint density at radius 3 is 2.30 bits per heavy atom. The van der Waals surface area contributed by atoms with E-state index in [2.05, 4.69) is 33.6 Å². The molecule has 150 valence electrons. The molecule has 0 aliphatic rings. The second-order valence-electron chi connectivity index (χ2n) is 6.60. The predicted molar refractivity (Wildman–Crippen MR) is 116 cm³/mol. The van der Waals surface area contributed by atoms with Gasteiger partial charge in [-0.1, -0.05) is 65.0 Å². The van der Waals surface area contributed by atoms with Crippen LogP contribution >= 0.6 is 11.6 Å². The number of alkyl halides is 1. The van der Waals surface area contributed by atoms with Crippen molar-refractivity contribution in [3.63, 3.8) is 0 Å². The molecule has 0 spiro atoms. The number of benzene rings is 3. The van der Waals surface area contributed by atoms with Crippen molar-refractivity contribution in [1.82, 2.24) is 9.55 Å². The van der Waals surface area contributed by atoms with Crippen LogP contribution in [-0.2, 0) is 22.9 Å². The fourth-order valence-electron chi connectivity index (χ4n) is 3.38. The molecular formula is C22H16ClN3O3S. The minimum atomic E-state index is -2.82. The first-order valence-electron chi connectivity index (χ1n) is 9.10. The van der Waals surface area contributed by atoms with Crippen LogP contribution in [-0.4, -0.2) is 23.9 Å². The molecule has 30 heavy (non-hydrogen) atoms. The number of imidazole rings is 1. The van der Waals surface area contributed by atoms with Crippen LogP contribution in [0.5, 0.6) is 0 Å². The quantitative estimate of drug-likeness (QED) is 0.424. The number of carbonyl (C=O) groups excluding carboxylic acids is 1. The van der Waals surface area contributed by atoms with E-state index in [4.69, 9.17) is 11.6 Å². The van der Waals surface area contributed by atoms with E-state index in [1.165, 1.54) is 6.07 Å². The molecule has 0 aliphatic carbocycles. The molecule has 0 saturated carbocycles. The number of fused-ring (bicyclic) bond motifs is 1. The highest BCUT2D eigenvalue weighted by molar-refractivity contribution is 7.62. The van der Waals surface area contributed by atoms with Gasteiger partial charge in [0.25, 0.3) is 5.91 Å². The lowest BCUT2D eigenvalue weighted by atomic mass is 10.0. The Hall–Kier alpha value is -3.29. The average molecular weight is 438 g/mol. The largest absolute Gasteiger partial charge is 0.322 e. The number of para-hydroxylation sites is 1. The summed E-state index contributed by atoms with van der Waals surface area (Å²) in [7, 11) is -2.82. The third-order valence-corrected chi connectivity index (χ3v) is 5.32. The third kappa shape index (κ3) is 4.03. The van der Waals surface area contributed by atoms with Gasteiger partial charge in [-0.3, -0.25) is 4.79 Å². The van der Waals surface area contributed by atoms with Crippen molar-refractivity contribution in [1.29, 1.82) is 0 Å². The van der Waals surface area contributed by atoms with Gasteiger partial charge in [-0.2, -0.15) is 8.42 Å². The summed E-state index contributed by atoms with van der Waals surface area (Å²) >= 11 is 6.10. The van der Waals surface area contributed by atoms with Crippen LogP contribution in [0.4, 0.5) is 0 Å². The van der Waals surface area contributed by atoms with Crippen LogP contribution in [0.25, 0.3) is 22.2 Å². The van der Waals surface area contributed by atoms with E-state index in [0.717, 1.165) is 16.7 Å². The second-order valence-corrected chi connectivity index (χ2v) is 7.48. The first-order valence-corrected chi connectivity index (χ1v) is 10.7. The molecule has 1 heterocycles. The number of halogens is 1. The molecule has 0 bridgehead atoms. The molecule has 0 unspecified atom stereocenters. The average Bonchev–Trinajstić information content (AvgIpc) is 3.12. The SMILES string of the molecule is O=C(N=S(=O)=O)c1cccc2c1nc(CCl)n2Cc1ccc(-c2ccccc2)cc1. The molecule has 8 heteroatoms. The first-order chi connectivity index (χ1) is 14.6. The Kier molecular flexibility index (Phi) is 5.74. The van der Waals surface area contributed by atoms with Crippen molar-refractivity contribution in [3.05, 3.63) is 89.7 Å². The number of hydrogen-bond donors (Lipinski definition) is 0. The van der Waals surface area contributed by atoms with Gasteiger partial charge in [0.1, 0.15) is 11.3 Å². The molecule has 1 aromatic heterocycles. The maximum absolute atomic E-state index is 12.2. The summed E-state index contributed by atoms with van der Waals surface area (Å²) in [5, 5.41) is 0. The number of nitrogens with zero attached hydrogens (tertiary/aromatic N) is 3. The third-order valence-electron chi connectivity index (χ3n) is 4.77. The van der Waals surface area contributed by atoms with Crippen molar-refractivity contribution >= 4 is 39.0 Å². The highest BCUT2D eigenvalue weighted by atomic mass is 35.5. The highest BCUT2D eigenvalue weighted by Crippen LogP contribution is 2.25. The fraction of sp³-hybridized carbons (Fsp3) is 0.0909. The van der Waals surface area contributed by atoms with Gasteiger partial charge >= 0.3 is 10.5 Å². The van der Waals surface area contributed by atoms with E-state index in [0.29, 0.717) is 23.4 Å². The standard InChI is InChI=1S/C22H16ClN3O3S/c23-13-20-24-21-18(22(27)25-30(28)29)7-4-8-19(21)26(20)14-15-9-11-17(12-10-15)16-5-2-1-3-6-16/h1-12H,13-14H2. The normalized spacial score (nSPS) is 10.8. The van der Waals surface area contributed by atoms with E-state index >= 15 is 0 Å². The van der Waals surface area contributed by atoms with Crippen LogP contribution in [0, 0.1) is 0 Å². The molecule has 0 saturated heterocycles. The van der Waals surface area contributed by atoms with Crippen molar-refractivity contribution in [3.8, 4) is 11.1 Å². The van der Waals surface area contributed by atoms with Crippen LogP contribution in [0.1, 0.15) is 21.7 Å². The Labute approximate surface area is 179 Å². The summed E-state index contributed by atoms with van der Waals surface area (Å²) < 4.78 is 26.6. The van der Waals surface area contributed by atoms with Gasteiger partial charge in [0.05, 0.1) is 17.0 Å². The number of carbonyl (C=O) groups is 1. The van der Waals surface area contributed by atoms with E-state index in [-0.39, 0.29) is 11.4 Å². The van der Waals surface area contributed by atoms with Crippen molar-refractivity contribution in [2.45, 2.75) is 12.4 Å². The van der Waals surface area contributed by atoms with Crippen molar-refractivity contribution in [2.75, 3.05) is 0 Å². The second kappa shape index (κ2) is 8.61. The molecule has 3 aromatic carbocycles. The summed E-state index contributed by atoms with van der Waals surface area (Å²) in [5.41, 5.74) is 4.50. The fourth-order valence-corrected chi connectivity index (χ4v) is 3.82. The Bertz CT molecular complexity index is 1350. The van der Waals surface area contributed by atoms with E-state index in [1.807, 2.05) is 41.0 Å². The van der Waals surface area contributed by atoms with Crippen LogP contribution in [0.2, 0.25) is 0 Å². The van der Waals surface area contributed by atoms with Gasteiger partial charge in [-0.25, -0.2) is 4.98 Å². The Morgan fingerprint density at radius 1 is 0.933 bits per heavy atom. The summed E-state index contributed by atoms with van der Waals surface area (Å²) in [6.45, 7) is 0.510. The Morgan fingerprint density at radius 2 is 1.63 bits per heavy atom. The molecule has 0 atom stereocenters. The molecule has 1 amide bonds. The monoisotopic (exact) mass is 437 g/mol. The van der Waals surface area contributed by atoms with E-state index in [9.17, 15) is 13.2 Å². The molecule has 4 aromatic rings. The molecule has 6 nitrogen and oxygen atoms in total. The number of rotatable bonds is 5. The zero-order chi connectivity index (χ0) is 21.1. The van der Waals surface area contributed by atoms with E-state index < -0.39 is 16.4 Å². The van der Waals surface area contributed by atoms with Gasteiger partial charge in [-0.15, -0.1) is 11.6 Å². The minimum absolute atomic E-state index is 0.126. The summed E-state index contributed by atoms with van der Waals surface area (Å²) in [6.07, 6.45) is 0. The summed E-state index contributed by atoms with van der Waals surface area (Å²) in [4.78, 5) is 16.6. The van der Waals surface area contributed by atoms with E-state index in [1.54, 1.807) is 6.07 Å².